The lowest BCUT2D eigenvalue weighted by molar-refractivity contribution is -0.0344. The monoisotopic (exact) mass is 251 g/mol. The fraction of sp³-hybridized carbons (Fsp3) is 0.462. The molecular formula is C13H17NO4. The van der Waals surface area contributed by atoms with Gasteiger partial charge < -0.3 is 19.9 Å². The number of nitrogens with two attached hydrogens (primary N) is 1. The van der Waals surface area contributed by atoms with Gasteiger partial charge in [-0.05, 0) is 30.9 Å². The molecule has 98 valence electrons. The zero-order valence-corrected chi connectivity index (χ0v) is 10.3. The summed E-state index contributed by atoms with van der Waals surface area (Å²) in [7, 11) is 1.50. The molecule has 1 saturated carbocycles. The molecule has 0 bridgehead atoms. The predicted octanol–water partition coefficient (Wildman–Crippen LogP) is 1.82. The minimum Gasteiger partial charge on any atom is -0.495 e. The van der Waals surface area contributed by atoms with Crippen LogP contribution in [0.2, 0.25) is 0 Å². The van der Waals surface area contributed by atoms with Gasteiger partial charge in [-0.3, -0.25) is 0 Å². The van der Waals surface area contributed by atoms with Crippen molar-refractivity contribution in [2.24, 2.45) is 5.92 Å². The predicted molar refractivity (Wildman–Crippen MR) is 66.4 cm³/mol. The van der Waals surface area contributed by atoms with Crippen LogP contribution in [0.4, 0.5) is 5.69 Å². The second-order valence-electron chi connectivity index (χ2n) is 4.29. The van der Waals surface area contributed by atoms with Crippen molar-refractivity contribution >= 4 is 11.7 Å². The van der Waals surface area contributed by atoms with E-state index in [1.807, 2.05) is 0 Å². The molecule has 5 nitrogen and oxygen atoms in total. The van der Waals surface area contributed by atoms with Crippen LogP contribution in [0.5, 0.6) is 5.75 Å². The minimum absolute atomic E-state index is 0.0357. The maximum Gasteiger partial charge on any atom is 0.342 e. The Bertz CT molecular complexity index is 429. The summed E-state index contributed by atoms with van der Waals surface area (Å²) in [6.45, 7) is 0.618. The number of rotatable bonds is 6. The summed E-state index contributed by atoms with van der Waals surface area (Å²) in [5.74, 6) is 0.608. The quantitative estimate of drug-likeness (QED) is 0.361. The summed E-state index contributed by atoms with van der Waals surface area (Å²) >= 11 is 0. The van der Waals surface area contributed by atoms with Crippen molar-refractivity contribution in [3.8, 4) is 5.75 Å². The first-order chi connectivity index (χ1) is 8.72. The topological polar surface area (TPSA) is 70.8 Å². The lowest BCUT2D eigenvalue weighted by atomic mass is 10.1. The molecule has 0 aromatic heterocycles. The van der Waals surface area contributed by atoms with Crippen molar-refractivity contribution in [1.82, 2.24) is 0 Å². The highest BCUT2D eigenvalue weighted by molar-refractivity contribution is 5.96. The normalized spacial score (nSPS) is 14.3. The van der Waals surface area contributed by atoms with Gasteiger partial charge in [-0.15, -0.1) is 0 Å². The molecule has 1 aromatic rings. The molecule has 1 aliphatic rings. The Labute approximate surface area is 106 Å². The first-order valence-corrected chi connectivity index (χ1v) is 5.89. The maximum absolute atomic E-state index is 11.8. The fourth-order valence-electron chi connectivity index (χ4n) is 1.57. The number of esters is 1. The van der Waals surface area contributed by atoms with Gasteiger partial charge in [0.2, 0.25) is 0 Å². The van der Waals surface area contributed by atoms with Crippen LogP contribution in [-0.4, -0.2) is 26.5 Å². The van der Waals surface area contributed by atoms with Gasteiger partial charge in [0.05, 0.1) is 25.0 Å². The number of para-hydroxylation sites is 1. The first-order valence-electron chi connectivity index (χ1n) is 5.89. The standard InChI is InChI=1S/C13H17NO4/c1-16-11-4-2-3-10(12(11)14)13(15)18-8-17-7-9-5-6-9/h2-4,9H,5-8,14H2,1H3. The lowest BCUT2D eigenvalue weighted by Crippen LogP contribution is -2.12. The highest BCUT2D eigenvalue weighted by Gasteiger charge is 2.21. The average molecular weight is 251 g/mol. The summed E-state index contributed by atoms with van der Waals surface area (Å²) in [6.07, 6.45) is 2.41. The third-order valence-electron chi connectivity index (χ3n) is 2.83. The van der Waals surface area contributed by atoms with E-state index in [1.165, 1.54) is 20.0 Å². The van der Waals surface area contributed by atoms with Crippen molar-refractivity contribution in [1.29, 1.82) is 0 Å². The molecule has 0 amide bonds. The van der Waals surface area contributed by atoms with E-state index in [0.717, 1.165) is 0 Å². The number of hydrogen-bond donors (Lipinski definition) is 1. The van der Waals surface area contributed by atoms with Crippen molar-refractivity contribution in [3.05, 3.63) is 23.8 Å². The Kier molecular flexibility index (Phi) is 4.04. The Morgan fingerprint density at radius 3 is 2.89 bits per heavy atom. The maximum atomic E-state index is 11.8. The van der Waals surface area contributed by atoms with Gasteiger partial charge in [0.15, 0.2) is 6.79 Å². The SMILES string of the molecule is COc1cccc(C(=O)OCOCC2CC2)c1N. The van der Waals surface area contributed by atoms with Gasteiger partial charge in [-0.25, -0.2) is 4.79 Å². The van der Waals surface area contributed by atoms with Crippen molar-refractivity contribution in [3.63, 3.8) is 0 Å². The molecule has 0 aliphatic heterocycles. The minimum atomic E-state index is -0.498. The Morgan fingerprint density at radius 1 is 1.44 bits per heavy atom. The van der Waals surface area contributed by atoms with E-state index in [9.17, 15) is 4.79 Å². The number of carbonyl (C=O) groups excluding carboxylic acids is 1. The van der Waals surface area contributed by atoms with E-state index in [-0.39, 0.29) is 12.5 Å². The Balaban J connectivity index is 1.87. The third-order valence-corrected chi connectivity index (χ3v) is 2.83. The highest BCUT2D eigenvalue weighted by Crippen LogP contribution is 2.29. The van der Waals surface area contributed by atoms with E-state index < -0.39 is 5.97 Å². The first kappa shape index (κ1) is 12.7. The van der Waals surface area contributed by atoms with Gasteiger partial charge in [0.1, 0.15) is 5.75 Å². The summed E-state index contributed by atoms with van der Waals surface area (Å²) in [4.78, 5) is 11.8. The highest BCUT2D eigenvalue weighted by atomic mass is 16.7. The molecule has 1 fully saturated rings. The van der Waals surface area contributed by atoms with Gasteiger partial charge in [0.25, 0.3) is 0 Å². The molecule has 0 unspecified atom stereocenters. The molecule has 0 atom stereocenters. The van der Waals surface area contributed by atoms with E-state index in [2.05, 4.69) is 0 Å². The molecule has 0 heterocycles. The van der Waals surface area contributed by atoms with Crippen LogP contribution in [-0.2, 0) is 9.47 Å². The summed E-state index contributed by atoms with van der Waals surface area (Å²) in [6, 6.07) is 4.98. The van der Waals surface area contributed by atoms with Crippen LogP contribution in [0.25, 0.3) is 0 Å². The second-order valence-corrected chi connectivity index (χ2v) is 4.29. The number of anilines is 1. The molecule has 0 saturated heterocycles. The molecular weight excluding hydrogens is 234 g/mol. The van der Waals surface area contributed by atoms with Crippen LogP contribution < -0.4 is 10.5 Å². The summed E-state index contributed by atoms with van der Waals surface area (Å²) in [5, 5.41) is 0. The Morgan fingerprint density at radius 2 is 2.22 bits per heavy atom. The number of carbonyl (C=O) groups is 1. The number of benzene rings is 1. The van der Waals surface area contributed by atoms with Gasteiger partial charge in [-0.1, -0.05) is 6.07 Å². The van der Waals surface area contributed by atoms with Crippen LogP contribution in [0.1, 0.15) is 23.2 Å². The molecule has 0 spiro atoms. The molecule has 18 heavy (non-hydrogen) atoms. The molecule has 2 rings (SSSR count). The van der Waals surface area contributed by atoms with E-state index in [4.69, 9.17) is 19.9 Å². The zero-order valence-electron chi connectivity index (χ0n) is 10.3. The van der Waals surface area contributed by atoms with Gasteiger partial charge >= 0.3 is 5.97 Å². The number of methoxy groups -OCH3 is 1. The van der Waals surface area contributed by atoms with Crippen LogP contribution in [0.15, 0.2) is 18.2 Å². The van der Waals surface area contributed by atoms with Crippen LogP contribution in [0, 0.1) is 5.92 Å². The van der Waals surface area contributed by atoms with Crippen LogP contribution in [0.3, 0.4) is 0 Å². The van der Waals surface area contributed by atoms with Crippen molar-refractivity contribution < 1.29 is 19.0 Å². The smallest absolute Gasteiger partial charge is 0.342 e. The van der Waals surface area contributed by atoms with Crippen molar-refractivity contribution in [2.75, 3.05) is 26.2 Å². The average Bonchev–Trinajstić information content (AvgIpc) is 3.18. The molecule has 5 heteroatoms. The van der Waals surface area contributed by atoms with E-state index in [1.54, 1.807) is 18.2 Å². The van der Waals surface area contributed by atoms with Gasteiger partial charge in [-0.2, -0.15) is 0 Å². The van der Waals surface area contributed by atoms with Crippen LogP contribution >= 0.6 is 0 Å². The number of nitrogen functional groups attached to an aromatic ring is 1. The molecule has 0 radical (unpaired) electrons. The van der Waals surface area contributed by atoms with E-state index in [0.29, 0.717) is 23.8 Å². The lowest BCUT2D eigenvalue weighted by Gasteiger charge is -2.10. The Hall–Kier alpha value is -1.75. The number of ether oxygens (including phenoxy) is 3. The second kappa shape index (κ2) is 5.73. The summed E-state index contributed by atoms with van der Waals surface area (Å²) < 4.78 is 15.3. The van der Waals surface area contributed by atoms with Gasteiger partial charge in [0, 0.05) is 0 Å². The fourth-order valence-corrected chi connectivity index (χ4v) is 1.57. The summed E-state index contributed by atoms with van der Waals surface area (Å²) in [5.41, 5.74) is 6.37. The molecule has 1 aromatic carbocycles. The van der Waals surface area contributed by atoms with Crippen molar-refractivity contribution in [2.45, 2.75) is 12.8 Å². The third kappa shape index (κ3) is 3.13. The van der Waals surface area contributed by atoms with E-state index >= 15 is 0 Å². The molecule has 1 aliphatic carbocycles. The zero-order chi connectivity index (χ0) is 13.0. The number of hydrogen-bond acceptors (Lipinski definition) is 5. The largest absolute Gasteiger partial charge is 0.495 e. The molecule has 2 N–H and O–H groups in total.